The third kappa shape index (κ3) is 3.41. The van der Waals surface area contributed by atoms with Gasteiger partial charge >= 0.3 is 0 Å². The Morgan fingerprint density at radius 2 is 2.07 bits per heavy atom. The summed E-state index contributed by atoms with van der Waals surface area (Å²) in [5.41, 5.74) is 0. The lowest BCUT2D eigenvalue weighted by atomic mass is 10.2. The molecule has 1 aliphatic heterocycles. The molecule has 1 aliphatic rings. The SMILES string of the molecule is CCCO[SiH2]C1([Si](C)(C)C)CCCCO1. The third-order valence-corrected chi connectivity index (χ3v) is 11.7. The number of hydrogen-bond acceptors (Lipinski definition) is 2. The molecule has 4 heteroatoms. The van der Waals surface area contributed by atoms with E-state index in [2.05, 4.69) is 26.6 Å². The Labute approximate surface area is 97.7 Å². The number of hydrogen-bond donors (Lipinski definition) is 0. The summed E-state index contributed by atoms with van der Waals surface area (Å²) in [4.78, 5) is 0.223. The third-order valence-electron chi connectivity index (χ3n) is 3.40. The number of rotatable bonds is 5. The fourth-order valence-corrected chi connectivity index (χ4v) is 7.04. The highest BCUT2D eigenvalue weighted by Crippen LogP contribution is 2.33. The van der Waals surface area contributed by atoms with Gasteiger partial charge in [-0.1, -0.05) is 26.6 Å². The maximum absolute atomic E-state index is 6.18. The van der Waals surface area contributed by atoms with E-state index in [1.165, 1.54) is 19.3 Å². The smallest absolute Gasteiger partial charge is 0.190 e. The molecule has 0 aromatic heterocycles. The first-order valence-electron chi connectivity index (χ1n) is 6.23. The summed E-state index contributed by atoms with van der Waals surface area (Å²) in [7, 11) is -1.76. The Balaban J connectivity index is 2.59. The van der Waals surface area contributed by atoms with Gasteiger partial charge in [-0.3, -0.25) is 0 Å². The zero-order valence-electron chi connectivity index (χ0n) is 10.8. The quantitative estimate of drug-likeness (QED) is 0.547. The summed E-state index contributed by atoms with van der Waals surface area (Å²) in [5.74, 6) is 0. The molecular weight excluding hydrogens is 220 g/mol. The van der Waals surface area contributed by atoms with Crippen molar-refractivity contribution in [2.24, 2.45) is 0 Å². The van der Waals surface area contributed by atoms with Gasteiger partial charge in [-0.25, -0.2) is 0 Å². The van der Waals surface area contributed by atoms with Crippen LogP contribution in [0.3, 0.4) is 0 Å². The van der Waals surface area contributed by atoms with Crippen LogP contribution in [0.1, 0.15) is 32.6 Å². The first kappa shape index (κ1) is 13.4. The van der Waals surface area contributed by atoms with Crippen molar-refractivity contribution in [3.8, 4) is 0 Å². The van der Waals surface area contributed by atoms with Crippen molar-refractivity contribution in [1.29, 1.82) is 0 Å². The largest absolute Gasteiger partial charge is 0.421 e. The summed E-state index contributed by atoms with van der Waals surface area (Å²) >= 11 is 0. The average Bonchev–Trinajstić information content (AvgIpc) is 2.18. The predicted molar refractivity (Wildman–Crippen MR) is 70.7 cm³/mol. The van der Waals surface area contributed by atoms with E-state index in [0.717, 1.165) is 19.6 Å². The van der Waals surface area contributed by atoms with Crippen molar-refractivity contribution >= 4 is 17.8 Å². The minimum atomic E-state index is -1.24. The summed E-state index contributed by atoms with van der Waals surface area (Å²) < 4.78 is 12.1. The van der Waals surface area contributed by atoms with Gasteiger partial charge in [0.1, 0.15) is 0 Å². The normalized spacial score (nSPS) is 28.8. The van der Waals surface area contributed by atoms with E-state index in [9.17, 15) is 0 Å². The van der Waals surface area contributed by atoms with Crippen molar-refractivity contribution in [3.05, 3.63) is 0 Å². The van der Waals surface area contributed by atoms with Crippen LogP contribution < -0.4 is 0 Å². The van der Waals surface area contributed by atoms with Crippen molar-refractivity contribution in [1.82, 2.24) is 0 Å². The predicted octanol–water partition coefficient (Wildman–Crippen LogP) is 2.27. The second-order valence-electron chi connectivity index (χ2n) is 5.60. The Kier molecular flexibility index (Phi) is 5.02. The topological polar surface area (TPSA) is 18.5 Å². The van der Waals surface area contributed by atoms with Crippen LogP contribution in [-0.2, 0) is 9.16 Å². The lowest BCUT2D eigenvalue weighted by Gasteiger charge is -2.45. The van der Waals surface area contributed by atoms with Gasteiger partial charge in [-0.2, -0.15) is 0 Å². The molecule has 1 rings (SSSR count). The highest BCUT2D eigenvalue weighted by atomic mass is 28.4. The van der Waals surface area contributed by atoms with Gasteiger partial charge in [0.15, 0.2) is 9.76 Å². The van der Waals surface area contributed by atoms with Crippen LogP contribution >= 0.6 is 0 Å². The van der Waals surface area contributed by atoms with Gasteiger partial charge in [-0.05, 0) is 25.7 Å². The first-order chi connectivity index (χ1) is 7.02. The molecule has 2 nitrogen and oxygen atoms in total. The van der Waals surface area contributed by atoms with Crippen LogP contribution in [0.2, 0.25) is 19.6 Å². The van der Waals surface area contributed by atoms with E-state index in [1.807, 2.05) is 0 Å². The molecule has 1 atom stereocenters. The molecule has 0 N–H and O–H groups in total. The summed E-state index contributed by atoms with van der Waals surface area (Å²) in [6.07, 6.45) is 4.98. The Hall–Kier alpha value is 0.354. The van der Waals surface area contributed by atoms with Gasteiger partial charge in [0.25, 0.3) is 0 Å². The molecule has 1 fully saturated rings. The second kappa shape index (κ2) is 5.61. The molecule has 1 unspecified atom stereocenters. The Bertz CT molecular complexity index is 184. The molecular formula is C11H26O2Si2. The molecule has 0 bridgehead atoms. The first-order valence-corrected chi connectivity index (χ1v) is 11.0. The highest BCUT2D eigenvalue weighted by molar-refractivity contribution is 6.86. The van der Waals surface area contributed by atoms with E-state index in [-0.39, 0.29) is 4.85 Å². The molecule has 0 spiro atoms. The highest BCUT2D eigenvalue weighted by Gasteiger charge is 2.46. The van der Waals surface area contributed by atoms with Crippen LogP contribution in [0, 0.1) is 0 Å². The van der Waals surface area contributed by atoms with E-state index < -0.39 is 17.8 Å². The van der Waals surface area contributed by atoms with Crippen molar-refractivity contribution in [2.75, 3.05) is 13.2 Å². The fourth-order valence-electron chi connectivity index (χ4n) is 2.16. The lowest BCUT2D eigenvalue weighted by molar-refractivity contribution is 0.0182. The van der Waals surface area contributed by atoms with E-state index in [1.54, 1.807) is 0 Å². The standard InChI is InChI=1S/C11H26O2Si2/c1-5-9-13-14-11(15(2,3)4)8-6-7-10-12-11/h5-10,14H2,1-4H3. The minimum Gasteiger partial charge on any atom is -0.421 e. The molecule has 0 radical (unpaired) electrons. The van der Waals surface area contributed by atoms with Crippen molar-refractivity contribution < 1.29 is 9.16 Å². The average molecular weight is 246 g/mol. The van der Waals surface area contributed by atoms with Gasteiger partial charge < -0.3 is 9.16 Å². The molecule has 0 aliphatic carbocycles. The molecule has 1 heterocycles. The van der Waals surface area contributed by atoms with Crippen LogP contribution in [0.25, 0.3) is 0 Å². The van der Waals surface area contributed by atoms with Gasteiger partial charge in [0.05, 0.1) is 12.9 Å². The molecule has 0 aromatic rings. The molecule has 90 valence electrons. The lowest BCUT2D eigenvalue weighted by Crippen LogP contribution is -2.60. The van der Waals surface area contributed by atoms with Gasteiger partial charge in [0, 0.05) is 13.2 Å². The summed E-state index contributed by atoms with van der Waals surface area (Å²) in [6.45, 7) is 11.4. The maximum Gasteiger partial charge on any atom is 0.190 e. The number of ether oxygens (including phenoxy) is 1. The maximum atomic E-state index is 6.18. The Morgan fingerprint density at radius 3 is 2.53 bits per heavy atom. The van der Waals surface area contributed by atoms with Crippen LogP contribution in [0.4, 0.5) is 0 Å². The van der Waals surface area contributed by atoms with Crippen molar-refractivity contribution in [3.63, 3.8) is 0 Å². The monoisotopic (exact) mass is 246 g/mol. The zero-order chi connectivity index (χ0) is 11.4. The van der Waals surface area contributed by atoms with Crippen LogP contribution in [-0.4, -0.2) is 35.9 Å². The summed E-state index contributed by atoms with van der Waals surface area (Å²) in [6, 6.07) is 0. The molecule has 15 heavy (non-hydrogen) atoms. The molecule has 0 aromatic carbocycles. The van der Waals surface area contributed by atoms with Gasteiger partial charge in [0.2, 0.25) is 0 Å². The van der Waals surface area contributed by atoms with E-state index in [4.69, 9.17) is 9.16 Å². The van der Waals surface area contributed by atoms with Crippen LogP contribution in [0.5, 0.6) is 0 Å². The van der Waals surface area contributed by atoms with E-state index in [0.29, 0.717) is 0 Å². The molecule has 0 saturated carbocycles. The molecule has 1 saturated heterocycles. The molecule has 0 amide bonds. The van der Waals surface area contributed by atoms with Gasteiger partial charge in [-0.15, -0.1) is 0 Å². The summed E-state index contributed by atoms with van der Waals surface area (Å²) in [5, 5.41) is 0. The fraction of sp³-hybridized carbons (Fsp3) is 1.00. The van der Waals surface area contributed by atoms with Crippen molar-refractivity contribution in [2.45, 2.75) is 57.1 Å². The Morgan fingerprint density at radius 1 is 1.33 bits per heavy atom. The van der Waals surface area contributed by atoms with E-state index >= 15 is 0 Å². The zero-order valence-corrected chi connectivity index (χ0v) is 13.2. The minimum absolute atomic E-state index is 0.223. The van der Waals surface area contributed by atoms with Crippen LogP contribution in [0.15, 0.2) is 0 Å². The second-order valence-corrected chi connectivity index (χ2v) is 13.6.